The van der Waals surface area contributed by atoms with Crippen molar-refractivity contribution in [3.63, 3.8) is 0 Å². The molecule has 2 aliphatic rings. The fourth-order valence-corrected chi connectivity index (χ4v) is 4.19. The second-order valence-electron chi connectivity index (χ2n) is 8.47. The maximum Gasteiger partial charge on any atom is 0.311 e. The topological polar surface area (TPSA) is 61.4 Å². The minimum atomic E-state index is -0.437. The summed E-state index contributed by atoms with van der Waals surface area (Å²) in [6, 6.07) is 0.0462. The molecule has 1 atom stereocenters. The highest BCUT2D eigenvalue weighted by molar-refractivity contribution is 6.35. The van der Waals surface area contributed by atoms with Gasteiger partial charge in [-0.05, 0) is 59.3 Å². The SMILES string of the molecule is CC1CCCN(C(=O)C(=O)NC2CC(C)(C)NC(C)(C)C2)C1. The largest absolute Gasteiger partial charge is 0.345 e. The molecule has 2 fully saturated rings. The molecule has 0 bridgehead atoms. The van der Waals surface area contributed by atoms with Crippen molar-refractivity contribution in [3.8, 4) is 0 Å². The van der Waals surface area contributed by atoms with Gasteiger partial charge < -0.3 is 15.5 Å². The summed E-state index contributed by atoms with van der Waals surface area (Å²) < 4.78 is 0. The van der Waals surface area contributed by atoms with E-state index in [1.165, 1.54) is 0 Å². The molecule has 5 nitrogen and oxygen atoms in total. The van der Waals surface area contributed by atoms with E-state index in [1.807, 2.05) is 0 Å². The number of rotatable bonds is 1. The molecule has 2 heterocycles. The van der Waals surface area contributed by atoms with Crippen LogP contribution in [0.4, 0.5) is 0 Å². The Kier molecular flexibility index (Phi) is 4.85. The maximum absolute atomic E-state index is 12.3. The van der Waals surface area contributed by atoms with Gasteiger partial charge in [0.25, 0.3) is 0 Å². The number of nitrogens with one attached hydrogen (secondary N) is 2. The van der Waals surface area contributed by atoms with Crippen LogP contribution >= 0.6 is 0 Å². The Morgan fingerprint density at radius 3 is 2.27 bits per heavy atom. The van der Waals surface area contributed by atoms with Crippen LogP contribution in [0.25, 0.3) is 0 Å². The second-order valence-corrected chi connectivity index (χ2v) is 8.47. The van der Waals surface area contributed by atoms with Gasteiger partial charge >= 0.3 is 11.8 Å². The highest BCUT2D eigenvalue weighted by atomic mass is 16.2. The quantitative estimate of drug-likeness (QED) is 0.724. The average molecular weight is 309 g/mol. The lowest BCUT2D eigenvalue weighted by Gasteiger charge is -2.46. The number of hydrogen-bond donors (Lipinski definition) is 2. The summed E-state index contributed by atoms with van der Waals surface area (Å²) in [7, 11) is 0. The molecule has 5 heteroatoms. The van der Waals surface area contributed by atoms with Crippen molar-refractivity contribution in [2.45, 2.75) is 77.4 Å². The highest BCUT2D eigenvalue weighted by Crippen LogP contribution is 2.28. The van der Waals surface area contributed by atoms with E-state index in [-0.39, 0.29) is 23.0 Å². The Hall–Kier alpha value is -1.10. The standard InChI is InChI=1S/C17H31N3O2/c1-12-7-6-8-20(11-12)15(22)14(21)18-13-9-16(2,3)19-17(4,5)10-13/h12-13,19H,6-11H2,1-5H3,(H,18,21). The number of hydrogen-bond acceptors (Lipinski definition) is 3. The second kappa shape index (κ2) is 6.19. The third-order valence-electron chi connectivity index (χ3n) is 4.66. The van der Waals surface area contributed by atoms with Crippen molar-refractivity contribution in [2.75, 3.05) is 13.1 Å². The Morgan fingerprint density at radius 1 is 1.14 bits per heavy atom. The van der Waals surface area contributed by atoms with Gasteiger partial charge in [-0.25, -0.2) is 0 Å². The van der Waals surface area contributed by atoms with E-state index in [0.717, 1.165) is 25.7 Å². The average Bonchev–Trinajstić information content (AvgIpc) is 2.33. The van der Waals surface area contributed by atoms with Gasteiger partial charge in [-0.3, -0.25) is 9.59 Å². The van der Waals surface area contributed by atoms with E-state index in [9.17, 15) is 9.59 Å². The van der Waals surface area contributed by atoms with Crippen molar-refractivity contribution in [1.29, 1.82) is 0 Å². The molecular formula is C17H31N3O2. The summed E-state index contributed by atoms with van der Waals surface area (Å²) in [4.78, 5) is 26.4. The monoisotopic (exact) mass is 309 g/mol. The van der Waals surface area contributed by atoms with Crippen molar-refractivity contribution < 1.29 is 9.59 Å². The van der Waals surface area contributed by atoms with Crippen LogP contribution in [0.2, 0.25) is 0 Å². The Labute approximate surface area is 134 Å². The first-order chi connectivity index (χ1) is 10.1. The van der Waals surface area contributed by atoms with E-state index in [4.69, 9.17) is 0 Å². The van der Waals surface area contributed by atoms with E-state index in [2.05, 4.69) is 45.3 Å². The molecule has 126 valence electrons. The predicted molar refractivity (Wildman–Crippen MR) is 87.4 cm³/mol. The molecule has 0 aromatic heterocycles. The zero-order chi connectivity index (χ0) is 16.5. The molecule has 1 unspecified atom stereocenters. The van der Waals surface area contributed by atoms with Crippen LogP contribution in [0.1, 0.15) is 60.3 Å². The minimum absolute atomic E-state index is 0.0393. The van der Waals surface area contributed by atoms with Crippen LogP contribution < -0.4 is 10.6 Å². The van der Waals surface area contributed by atoms with Gasteiger partial charge in [0.05, 0.1) is 0 Å². The summed E-state index contributed by atoms with van der Waals surface area (Å²) in [6.45, 7) is 12.1. The summed E-state index contributed by atoms with van der Waals surface area (Å²) in [5, 5.41) is 6.56. The fourth-order valence-electron chi connectivity index (χ4n) is 4.19. The third kappa shape index (κ3) is 4.45. The van der Waals surface area contributed by atoms with Gasteiger partial charge in [0, 0.05) is 30.2 Å². The molecule has 0 aromatic carbocycles. The summed E-state index contributed by atoms with van der Waals surface area (Å²) >= 11 is 0. The van der Waals surface area contributed by atoms with Crippen LogP contribution in [-0.2, 0) is 9.59 Å². The molecule has 0 saturated carbocycles. The zero-order valence-corrected chi connectivity index (χ0v) is 14.7. The smallest absolute Gasteiger partial charge is 0.311 e. The van der Waals surface area contributed by atoms with Crippen LogP contribution in [0, 0.1) is 5.92 Å². The molecule has 0 aromatic rings. The van der Waals surface area contributed by atoms with Crippen LogP contribution in [-0.4, -0.2) is 46.9 Å². The van der Waals surface area contributed by atoms with Crippen molar-refractivity contribution in [2.24, 2.45) is 5.92 Å². The van der Waals surface area contributed by atoms with Crippen LogP contribution in [0.5, 0.6) is 0 Å². The lowest BCUT2D eigenvalue weighted by atomic mass is 9.79. The molecule has 0 spiro atoms. The lowest BCUT2D eigenvalue weighted by Crippen LogP contribution is -2.63. The molecule has 2 rings (SSSR count). The summed E-state index contributed by atoms with van der Waals surface area (Å²) in [6.07, 6.45) is 3.81. The fraction of sp³-hybridized carbons (Fsp3) is 0.882. The van der Waals surface area contributed by atoms with Crippen molar-refractivity contribution in [3.05, 3.63) is 0 Å². The van der Waals surface area contributed by atoms with Crippen molar-refractivity contribution in [1.82, 2.24) is 15.5 Å². The van der Waals surface area contributed by atoms with E-state index >= 15 is 0 Å². The Balaban J connectivity index is 1.94. The number of likely N-dealkylation sites (tertiary alicyclic amines) is 1. The molecule has 2 N–H and O–H groups in total. The zero-order valence-electron chi connectivity index (χ0n) is 14.7. The molecule has 2 aliphatic heterocycles. The molecule has 2 saturated heterocycles. The van der Waals surface area contributed by atoms with Crippen molar-refractivity contribution >= 4 is 11.8 Å². The summed E-state index contributed by atoms with van der Waals surface area (Å²) in [5.41, 5.74) is -0.0786. The van der Waals surface area contributed by atoms with E-state index in [1.54, 1.807) is 4.90 Å². The van der Waals surface area contributed by atoms with Gasteiger partial charge in [-0.2, -0.15) is 0 Å². The molecule has 22 heavy (non-hydrogen) atoms. The molecule has 2 amide bonds. The van der Waals surface area contributed by atoms with Gasteiger partial charge in [0.15, 0.2) is 0 Å². The minimum Gasteiger partial charge on any atom is -0.345 e. The molecule has 0 radical (unpaired) electrons. The predicted octanol–water partition coefficient (Wildman–Crippen LogP) is 1.67. The maximum atomic E-state index is 12.3. The van der Waals surface area contributed by atoms with Gasteiger partial charge in [0.1, 0.15) is 0 Å². The van der Waals surface area contributed by atoms with Gasteiger partial charge in [0.2, 0.25) is 0 Å². The number of piperidine rings is 2. The number of carbonyl (C=O) groups is 2. The Bertz CT molecular complexity index is 429. The first kappa shape index (κ1) is 17.3. The number of nitrogens with zero attached hydrogens (tertiary/aromatic N) is 1. The molecular weight excluding hydrogens is 278 g/mol. The highest BCUT2D eigenvalue weighted by Gasteiger charge is 2.39. The third-order valence-corrected chi connectivity index (χ3v) is 4.66. The lowest BCUT2D eigenvalue weighted by molar-refractivity contribution is -0.147. The van der Waals surface area contributed by atoms with Gasteiger partial charge in [-0.1, -0.05) is 6.92 Å². The first-order valence-electron chi connectivity index (χ1n) is 8.47. The van der Waals surface area contributed by atoms with E-state index in [0.29, 0.717) is 19.0 Å². The van der Waals surface area contributed by atoms with Gasteiger partial charge in [-0.15, -0.1) is 0 Å². The number of carbonyl (C=O) groups excluding carboxylic acids is 2. The van der Waals surface area contributed by atoms with E-state index < -0.39 is 5.91 Å². The first-order valence-corrected chi connectivity index (χ1v) is 8.47. The van der Waals surface area contributed by atoms with Crippen LogP contribution in [0.15, 0.2) is 0 Å². The van der Waals surface area contributed by atoms with Crippen LogP contribution in [0.3, 0.4) is 0 Å². The molecule has 0 aliphatic carbocycles. The number of amides is 2. The summed E-state index contributed by atoms with van der Waals surface area (Å²) in [5.74, 6) is -0.310. The Morgan fingerprint density at radius 2 is 1.73 bits per heavy atom. The normalized spacial score (nSPS) is 28.2.